The molecule has 2 rings (SSSR count). The molecule has 0 fully saturated rings. The van der Waals surface area contributed by atoms with Crippen molar-refractivity contribution < 1.29 is 0 Å². The Bertz CT molecular complexity index is 856. The number of aryl methyl sites for hydroxylation is 1. The molecule has 6 nitrogen and oxygen atoms in total. The lowest BCUT2D eigenvalue weighted by Gasteiger charge is -2.22. The van der Waals surface area contributed by atoms with E-state index in [0.29, 0.717) is 17.6 Å². The Morgan fingerprint density at radius 2 is 2.12 bits per heavy atom. The molecule has 0 saturated heterocycles. The minimum Gasteiger partial charge on any atom is -0.357 e. The molecule has 0 aromatic carbocycles. The highest BCUT2D eigenvalue weighted by Gasteiger charge is 2.09. The number of hydrogen-bond acceptors (Lipinski definition) is 5. The van der Waals surface area contributed by atoms with Gasteiger partial charge < -0.3 is 9.88 Å². The number of nitriles is 1. The van der Waals surface area contributed by atoms with Gasteiger partial charge in [-0.2, -0.15) is 5.26 Å². The van der Waals surface area contributed by atoms with Gasteiger partial charge in [-0.05, 0) is 57.0 Å². The average Bonchev–Trinajstić information content (AvgIpc) is 2.54. The first-order valence-corrected chi connectivity index (χ1v) is 7.72. The van der Waals surface area contributed by atoms with Gasteiger partial charge in [0.1, 0.15) is 23.3 Å². The summed E-state index contributed by atoms with van der Waals surface area (Å²) < 4.78 is 0. The maximum absolute atomic E-state index is 11.9. The molecule has 6 heteroatoms. The van der Waals surface area contributed by atoms with E-state index in [9.17, 15) is 4.79 Å². The highest BCUT2D eigenvalue weighted by molar-refractivity contribution is 5.77. The van der Waals surface area contributed by atoms with Crippen molar-refractivity contribution in [2.24, 2.45) is 0 Å². The van der Waals surface area contributed by atoms with Crippen LogP contribution in [0.25, 0.3) is 11.6 Å². The zero-order valence-corrected chi connectivity index (χ0v) is 14.6. The van der Waals surface area contributed by atoms with E-state index in [0.717, 1.165) is 17.0 Å². The van der Waals surface area contributed by atoms with Crippen molar-refractivity contribution in [3.63, 3.8) is 0 Å². The van der Waals surface area contributed by atoms with Crippen LogP contribution in [0.2, 0.25) is 0 Å². The summed E-state index contributed by atoms with van der Waals surface area (Å²) in [5.41, 5.74) is 1.77. The average molecular weight is 323 g/mol. The van der Waals surface area contributed by atoms with Gasteiger partial charge in [0.2, 0.25) is 0 Å². The van der Waals surface area contributed by atoms with Crippen LogP contribution in [0.15, 0.2) is 23.1 Å². The third kappa shape index (κ3) is 3.69. The topological polar surface area (TPSA) is 85.7 Å². The quantitative estimate of drug-likeness (QED) is 0.935. The molecule has 0 bridgehead atoms. The van der Waals surface area contributed by atoms with E-state index in [2.05, 4.69) is 33.7 Å². The molecule has 2 aromatic heterocycles. The molecule has 0 radical (unpaired) electrons. The number of anilines is 1. The molecule has 0 saturated carbocycles. The Morgan fingerprint density at radius 1 is 1.42 bits per heavy atom. The fourth-order valence-corrected chi connectivity index (χ4v) is 2.18. The van der Waals surface area contributed by atoms with Gasteiger partial charge in [0.05, 0.1) is 5.69 Å². The van der Waals surface area contributed by atoms with E-state index in [1.165, 1.54) is 0 Å². The van der Waals surface area contributed by atoms with Gasteiger partial charge in [-0.1, -0.05) is 0 Å². The summed E-state index contributed by atoms with van der Waals surface area (Å²) in [6, 6.07) is 6.17. The monoisotopic (exact) mass is 323 g/mol. The van der Waals surface area contributed by atoms with Crippen molar-refractivity contribution in [1.82, 2.24) is 15.0 Å². The number of pyridine rings is 1. The molecule has 0 amide bonds. The van der Waals surface area contributed by atoms with Gasteiger partial charge in [0.25, 0.3) is 5.56 Å². The van der Waals surface area contributed by atoms with Crippen LogP contribution in [-0.4, -0.2) is 28.0 Å². The molecule has 0 spiro atoms. The Morgan fingerprint density at radius 3 is 2.62 bits per heavy atom. The van der Waals surface area contributed by atoms with Gasteiger partial charge in [-0.25, -0.2) is 9.97 Å². The summed E-state index contributed by atoms with van der Waals surface area (Å²) in [5.74, 6) is 1.36. The number of rotatable bonds is 4. The maximum atomic E-state index is 11.9. The number of aromatic nitrogens is 3. The number of allylic oxidation sites excluding steroid dienone is 1. The fourth-order valence-electron chi connectivity index (χ4n) is 2.18. The standard InChI is InChI=1S/C18H21N5O/c1-11(2)23(5)16-7-6-14(10-20-16)8-12(3)17-21-13(4)15(9-19)18(24)22-17/h6-8,10-11H,1-5H3,(H,21,22,24)/b12-8-. The zero-order valence-electron chi connectivity index (χ0n) is 14.6. The lowest BCUT2D eigenvalue weighted by Crippen LogP contribution is -2.26. The molecule has 0 aliphatic heterocycles. The van der Waals surface area contributed by atoms with Gasteiger partial charge >= 0.3 is 0 Å². The van der Waals surface area contributed by atoms with Crippen LogP contribution in [-0.2, 0) is 0 Å². The smallest absolute Gasteiger partial charge is 0.269 e. The van der Waals surface area contributed by atoms with Gasteiger partial charge in [0, 0.05) is 19.3 Å². The molecule has 124 valence electrons. The predicted molar refractivity (Wildman–Crippen MR) is 95.6 cm³/mol. The van der Waals surface area contributed by atoms with E-state index in [4.69, 9.17) is 5.26 Å². The first kappa shape index (κ1) is 17.4. The zero-order chi connectivity index (χ0) is 17.9. The van der Waals surface area contributed by atoms with Crippen LogP contribution >= 0.6 is 0 Å². The van der Waals surface area contributed by atoms with E-state index >= 15 is 0 Å². The number of nitrogens with one attached hydrogen (secondary N) is 1. The Balaban J connectivity index is 2.32. The second-order valence-corrected chi connectivity index (χ2v) is 5.97. The van der Waals surface area contributed by atoms with Crippen molar-refractivity contribution in [3.05, 3.63) is 51.3 Å². The summed E-state index contributed by atoms with van der Waals surface area (Å²) in [6.07, 6.45) is 3.68. The van der Waals surface area contributed by atoms with Crippen LogP contribution in [0.5, 0.6) is 0 Å². The normalized spacial score (nSPS) is 11.5. The largest absolute Gasteiger partial charge is 0.357 e. The predicted octanol–water partition coefficient (Wildman–Crippen LogP) is 2.75. The summed E-state index contributed by atoms with van der Waals surface area (Å²) in [5, 5.41) is 8.94. The maximum Gasteiger partial charge on any atom is 0.269 e. The lowest BCUT2D eigenvalue weighted by molar-refractivity contribution is 0.743. The SMILES string of the molecule is C/C(=C/c1ccc(N(C)C(C)C)nc1)c1nc(C)c(C#N)c(=O)[nH]1. The molecule has 0 atom stereocenters. The number of aromatic amines is 1. The van der Waals surface area contributed by atoms with Crippen LogP contribution in [0.3, 0.4) is 0 Å². The molecule has 1 N–H and O–H groups in total. The van der Waals surface area contributed by atoms with Crippen molar-refractivity contribution in [2.45, 2.75) is 33.7 Å². The first-order valence-electron chi connectivity index (χ1n) is 7.72. The highest BCUT2D eigenvalue weighted by Crippen LogP contribution is 2.17. The van der Waals surface area contributed by atoms with Crippen molar-refractivity contribution >= 4 is 17.5 Å². The van der Waals surface area contributed by atoms with E-state index in [1.807, 2.05) is 38.2 Å². The molecule has 0 unspecified atom stereocenters. The molecular formula is C18H21N5O. The lowest BCUT2D eigenvalue weighted by atomic mass is 10.1. The number of hydrogen-bond donors (Lipinski definition) is 1. The van der Waals surface area contributed by atoms with E-state index in [-0.39, 0.29) is 5.56 Å². The molecule has 2 heterocycles. The summed E-state index contributed by atoms with van der Waals surface area (Å²) in [7, 11) is 2.00. The minimum atomic E-state index is -0.417. The van der Waals surface area contributed by atoms with Gasteiger partial charge in [-0.15, -0.1) is 0 Å². The van der Waals surface area contributed by atoms with Crippen LogP contribution in [0.1, 0.15) is 43.4 Å². The molecule has 0 aliphatic carbocycles. The van der Waals surface area contributed by atoms with Crippen molar-refractivity contribution in [1.29, 1.82) is 5.26 Å². The molecule has 2 aromatic rings. The number of H-pyrrole nitrogens is 1. The van der Waals surface area contributed by atoms with E-state index in [1.54, 1.807) is 13.1 Å². The summed E-state index contributed by atoms with van der Waals surface area (Å²) >= 11 is 0. The molecule has 24 heavy (non-hydrogen) atoms. The summed E-state index contributed by atoms with van der Waals surface area (Å²) in [6.45, 7) is 7.73. The van der Waals surface area contributed by atoms with Gasteiger partial charge in [0.15, 0.2) is 0 Å². The van der Waals surface area contributed by atoms with Crippen molar-refractivity contribution in [2.75, 3.05) is 11.9 Å². The second kappa shape index (κ2) is 7.09. The number of nitrogens with zero attached hydrogens (tertiary/aromatic N) is 4. The fraction of sp³-hybridized carbons (Fsp3) is 0.333. The van der Waals surface area contributed by atoms with E-state index < -0.39 is 5.56 Å². The molecular weight excluding hydrogens is 302 g/mol. The van der Waals surface area contributed by atoms with Crippen LogP contribution < -0.4 is 10.5 Å². The molecule has 0 aliphatic rings. The highest BCUT2D eigenvalue weighted by atomic mass is 16.1. The van der Waals surface area contributed by atoms with Gasteiger partial charge in [-0.3, -0.25) is 4.79 Å². The first-order chi connectivity index (χ1) is 11.3. The van der Waals surface area contributed by atoms with Crippen molar-refractivity contribution in [3.8, 4) is 6.07 Å². The Kier molecular flexibility index (Phi) is 5.14. The minimum absolute atomic E-state index is 0.0503. The third-order valence-corrected chi connectivity index (χ3v) is 3.88. The van der Waals surface area contributed by atoms with Crippen LogP contribution in [0, 0.1) is 18.3 Å². The summed E-state index contributed by atoms with van der Waals surface area (Å²) in [4.78, 5) is 25.4. The van der Waals surface area contributed by atoms with Crippen LogP contribution in [0.4, 0.5) is 5.82 Å². The Hall–Kier alpha value is -2.94. The Labute approximate surface area is 141 Å². The third-order valence-electron chi connectivity index (χ3n) is 3.88. The second-order valence-electron chi connectivity index (χ2n) is 5.97.